The molecular formula is C27H25N3O3. The van der Waals surface area contributed by atoms with Gasteiger partial charge in [0.25, 0.3) is 11.8 Å². The van der Waals surface area contributed by atoms with Crippen LogP contribution in [0.1, 0.15) is 23.6 Å². The molecule has 3 aromatic carbocycles. The standard InChI is InChI=1S/C27H25N3O3/c1-18-12-13-22(14-19(18)2)28-26(31)17-33-24-11-7-8-21(15-24)16-25-20(3)29-30(27(25)32)23-9-5-4-6-10-23/h4-16H,17H2,1-3H3,(H,28,31)/b25-16+. The summed E-state index contributed by atoms with van der Waals surface area (Å²) in [6.07, 6.45) is 1.78. The largest absolute Gasteiger partial charge is 0.484 e. The predicted octanol–water partition coefficient (Wildman–Crippen LogP) is 5.13. The molecule has 6 heteroatoms. The Hall–Kier alpha value is -4.19. The van der Waals surface area contributed by atoms with E-state index in [1.54, 1.807) is 18.2 Å². The van der Waals surface area contributed by atoms with Crippen molar-refractivity contribution in [2.24, 2.45) is 5.10 Å². The summed E-state index contributed by atoms with van der Waals surface area (Å²) >= 11 is 0. The van der Waals surface area contributed by atoms with E-state index in [9.17, 15) is 9.59 Å². The van der Waals surface area contributed by atoms with E-state index in [0.29, 0.717) is 17.0 Å². The van der Waals surface area contributed by atoms with Gasteiger partial charge in [0, 0.05) is 5.69 Å². The van der Waals surface area contributed by atoms with Gasteiger partial charge in [0.05, 0.1) is 17.0 Å². The fourth-order valence-electron chi connectivity index (χ4n) is 3.45. The lowest BCUT2D eigenvalue weighted by Crippen LogP contribution is -2.21. The lowest BCUT2D eigenvalue weighted by atomic mass is 10.1. The lowest BCUT2D eigenvalue weighted by Gasteiger charge is -2.11. The topological polar surface area (TPSA) is 71.0 Å². The number of benzene rings is 3. The molecule has 0 spiro atoms. The second kappa shape index (κ2) is 9.53. The lowest BCUT2D eigenvalue weighted by molar-refractivity contribution is -0.118. The Morgan fingerprint density at radius 2 is 1.76 bits per heavy atom. The second-order valence-corrected chi connectivity index (χ2v) is 7.90. The van der Waals surface area contributed by atoms with Gasteiger partial charge in [-0.3, -0.25) is 9.59 Å². The van der Waals surface area contributed by atoms with Crippen LogP contribution in [0.15, 0.2) is 83.5 Å². The van der Waals surface area contributed by atoms with Gasteiger partial charge in [-0.15, -0.1) is 0 Å². The average molecular weight is 440 g/mol. The maximum Gasteiger partial charge on any atom is 0.280 e. The molecule has 33 heavy (non-hydrogen) atoms. The van der Waals surface area contributed by atoms with E-state index in [-0.39, 0.29) is 18.4 Å². The molecule has 0 saturated heterocycles. The molecule has 0 saturated carbocycles. The highest BCUT2D eigenvalue weighted by Crippen LogP contribution is 2.25. The molecular weight excluding hydrogens is 414 g/mol. The van der Waals surface area contributed by atoms with E-state index in [0.717, 1.165) is 22.5 Å². The highest BCUT2D eigenvalue weighted by atomic mass is 16.5. The SMILES string of the molecule is CC1=NN(c2ccccc2)C(=O)/C1=C/c1cccc(OCC(=O)Nc2ccc(C)c(C)c2)c1. The van der Waals surface area contributed by atoms with Gasteiger partial charge < -0.3 is 10.1 Å². The zero-order valence-corrected chi connectivity index (χ0v) is 18.8. The molecule has 0 aliphatic carbocycles. The fraction of sp³-hybridized carbons (Fsp3) is 0.148. The van der Waals surface area contributed by atoms with Crippen molar-refractivity contribution in [3.8, 4) is 5.75 Å². The number of carbonyl (C=O) groups is 2. The third-order valence-corrected chi connectivity index (χ3v) is 5.39. The van der Waals surface area contributed by atoms with E-state index in [4.69, 9.17) is 4.74 Å². The number of ether oxygens (including phenoxy) is 1. The van der Waals surface area contributed by atoms with Crippen molar-refractivity contribution in [1.82, 2.24) is 0 Å². The van der Waals surface area contributed by atoms with Crippen LogP contribution < -0.4 is 15.1 Å². The highest BCUT2D eigenvalue weighted by Gasteiger charge is 2.28. The van der Waals surface area contributed by atoms with Crippen LogP contribution in [0.3, 0.4) is 0 Å². The van der Waals surface area contributed by atoms with Crippen molar-refractivity contribution in [1.29, 1.82) is 0 Å². The average Bonchev–Trinajstić information content (AvgIpc) is 3.09. The molecule has 2 amide bonds. The van der Waals surface area contributed by atoms with Gasteiger partial charge in [0.2, 0.25) is 0 Å². The molecule has 4 rings (SSSR count). The minimum Gasteiger partial charge on any atom is -0.484 e. The Bertz CT molecular complexity index is 1260. The van der Waals surface area contributed by atoms with Gasteiger partial charge in [-0.05, 0) is 79.9 Å². The summed E-state index contributed by atoms with van der Waals surface area (Å²) in [4.78, 5) is 25.2. The van der Waals surface area contributed by atoms with Gasteiger partial charge in [0.1, 0.15) is 5.75 Å². The normalized spacial score (nSPS) is 14.4. The Kier molecular flexibility index (Phi) is 6.36. The van der Waals surface area contributed by atoms with E-state index in [1.165, 1.54) is 10.6 Å². The summed E-state index contributed by atoms with van der Waals surface area (Å²) < 4.78 is 5.68. The first-order valence-electron chi connectivity index (χ1n) is 10.7. The third kappa shape index (κ3) is 5.18. The molecule has 1 aliphatic rings. The van der Waals surface area contributed by atoms with Crippen molar-refractivity contribution in [3.05, 3.63) is 95.1 Å². The zero-order valence-electron chi connectivity index (χ0n) is 18.8. The summed E-state index contributed by atoms with van der Waals surface area (Å²) in [7, 11) is 0. The van der Waals surface area contributed by atoms with E-state index in [1.807, 2.05) is 81.4 Å². The third-order valence-electron chi connectivity index (χ3n) is 5.39. The first-order valence-corrected chi connectivity index (χ1v) is 10.7. The molecule has 1 aliphatic heterocycles. The molecule has 0 bridgehead atoms. The van der Waals surface area contributed by atoms with Crippen molar-refractivity contribution < 1.29 is 14.3 Å². The number of carbonyl (C=O) groups excluding carboxylic acids is 2. The van der Waals surface area contributed by atoms with Gasteiger partial charge in [-0.1, -0.05) is 36.4 Å². The number of nitrogens with zero attached hydrogens (tertiary/aromatic N) is 2. The van der Waals surface area contributed by atoms with Crippen LogP contribution in [0.4, 0.5) is 11.4 Å². The fourth-order valence-corrected chi connectivity index (χ4v) is 3.45. The van der Waals surface area contributed by atoms with Crippen LogP contribution >= 0.6 is 0 Å². The maximum atomic E-state index is 12.9. The first kappa shape index (κ1) is 22.0. The number of aryl methyl sites for hydroxylation is 2. The Balaban J connectivity index is 1.42. The molecule has 1 N–H and O–H groups in total. The van der Waals surface area contributed by atoms with Crippen LogP contribution in [-0.2, 0) is 9.59 Å². The van der Waals surface area contributed by atoms with Crippen LogP contribution in [-0.4, -0.2) is 24.1 Å². The van der Waals surface area contributed by atoms with Crippen LogP contribution in [0.25, 0.3) is 6.08 Å². The number of rotatable bonds is 6. The van der Waals surface area contributed by atoms with Crippen molar-refractivity contribution >= 4 is 35.0 Å². The van der Waals surface area contributed by atoms with Crippen molar-refractivity contribution in [2.75, 3.05) is 16.9 Å². The van der Waals surface area contributed by atoms with Crippen LogP contribution in [0.5, 0.6) is 5.75 Å². The second-order valence-electron chi connectivity index (χ2n) is 7.90. The van der Waals surface area contributed by atoms with Gasteiger partial charge in [0.15, 0.2) is 6.61 Å². The summed E-state index contributed by atoms with van der Waals surface area (Å²) in [6, 6.07) is 22.4. The maximum absolute atomic E-state index is 12.9. The zero-order chi connectivity index (χ0) is 23.4. The molecule has 0 aromatic heterocycles. The van der Waals surface area contributed by atoms with Gasteiger partial charge in [-0.25, -0.2) is 0 Å². The van der Waals surface area contributed by atoms with Crippen molar-refractivity contribution in [3.63, 3.8) is 0 Å². The molecule has 6 nitrogen and oxygen atoms in total. The summed E-state index contributed by atoms with van der Waals surface area (Å²) in [6.45, 7) is 5.72. The summed E-state index contributed by atoms with van der Waals surface area (Å²) in [5.74, 6) is 0.117. The molecule has 0 radical (unpaired) electrons. The predicted molar refractivity (Wildman–Crippen MR) is 131 cm³/mol. The van der Waals surface area contributed by atoms with E-state index < -0.39 is 0 Å². The number of anilines is 2. The number of hydrogen-bond acceptors (Lipinski definition) is 4. The minimum absolute atomic E-state index is 0.117. The smallest absolute Gasteiger partial charge is 0.280 e. The number of amides is 2. The summed E-state index contributed by atoms with van der Waals surface area (Å²) in [5.41, 5.74) is 5.68. The molecule has 0 atom stereocenters. The highest BCUT2D eigenvalue weighted by molar-refractivity contribution is 6.32. The first-order chi connectivity index (χ1) is 15.9. The Morgan fingerprint density at radius 3 is 2.52 bits per heavy atom. The molecule has 0 unspecified atom stereocenters. The number of hydrogen-bond donors (Lipinski definition) is 1. The Labute approximate surface area is 193 Å². The number of hydrazone groups is 1. The molecule has 166 valence electrons. The van der Waals surface area contributed by atoms with Crippen LogP contribution in [0.2, 0.25) is 0 Å². The van der Waals surface area contributed by atoms with Crippen LogP contribution in [0, 0.1) is 13.8 Å². The van der Waals surface area contributed by atoms with E-state index in [2.05, 4.69) is 10.4 Å². The monoisotopic (exact) mass is 439 g/mol. The minimum atomic E-state index is -0.241. The Morgan fingerprint density at radius 1 is 0.970 bits per heavy atom. The van der Waals surface area contributed by atoms with Crippen molar-refractivity contribution in [2.45, 2.75) is 20.8 Å². The summed E-state index contributed by atoms with van der Waals surface area (Å²) in [5, 5.41) is 8.64. The number of para-hydroxylation sites is 1. The quantitative estimate of drug-likeness (QED) is 0.542. The van der Waals surface area contributed by atoms with Gasteiger partial charge in [-0.2, -0.15) is 10.1 Å². The number of nitrogens with one attached hydrogen (secondary N) is 1. The molecule has 0 fully saturated rings. The van der Waals surface area contributed by atoms with Gasteiger partial charge >= 0.3 is 0 Å². The molecule has 3 aromatic rings. The van der Waals surface area contributed by atoms with E-state index >= 15 is 0 Å². The molecule has 1 heterocycles.